The Morgan fingerprint density at radius 3 is 2.60 bits per heavy atom. The fourth-order valence-corrected chi connectivity index (χ4v) is 3.14. The van der Waals surface area contributed by atoms with E-state index in [1.807, 2.05) is 39.4 Å². The first-order chi connectivity index (χ1) is 9.78. The van der Waals surface area contributed by atoms with Crippen LogP contribution in [-0.4, -0.2) is 58.0 Å². The predicted octanol–water partition coefficient (Wildman–Crippen LogP) is 1.71. The Morgan fingerprint density at radius 2 is 1.95 bits per heavy atom. The first kappa shape index (κ1) is 13.3. The van der Waals surface area contributed by atoms with E-state index in [4.69, 9.17) is 0 Å². The normalized spacial score (nSPS) is 16.6. The second-order valence-corrected chi connectivity index (χ2v) is 5.67. The highest BCUT2D eigenvalue weighted by Gasteiger charge is 2.23. The van der Waals surface area contributed by atoms with Gasteiger partial charge in [-0.15, -0.1) is 11.3 Å². The molecular formula is C14H18N4OS. The number of aromatic nitrogens is 2. The highest BCUT2D eigenvalue weighted by atomic mass is 32.1. The lowest BCUT2D eigenvalue weighted by atomic mass is 10.3. The third-order valence-electron chi connectivity index (χ3n) is 3.64. The van der Waals surface area contributed by atoms with Gasteiger partial charge in [0.1, 0.15) is 5.69 Å². The summed E-state index contributed by atoms with van der Waals surface area (Å²) in [5.74, 6) is 0.0513. The molecule has 2 aromatic heterocycles. The predicted molar refractivity (Wildman–Crippen MR) is 79.5 cm³/mol. The summed E-state index contributed by atoms with van der Waals surface area (Å²) in [5.41, 5.74) is 0.559. The molecule has 0 radical (unpaired) electrons. The third kappa shape index (κ3) is 2.62. The summed E-state index contributed by atoms with van der Waals surface area (Å²) in [6, 6.07) is 3.90. The number of nitrogens with zero attached hydrogens (tertiary/aromatic N) is 4. The van der Waals surface area contributed by atoms with Crippen LogP contribution in [0, 0.1) is 0 Å². The van der Waals surface area contributed by atoms with Crippen LogP contribution in [0.25, 0.3) is 5.13 Å². The average Bonchev–Trinajstić information content (AvgIpc) is 3.17. The number of carbonyl (C=O) groups excluding carboxylic acids is 1. The van der Waals surface area contributed by atoms with Crippen molar-refractivity contribution in [3.63, 3.8) is 0 Å². The maximum absolute atomic E-state index is 12.4. The quantitative estimate of drug-likeness (QED) is 0.864. The number of hydrogen-bond donors (Lipinski definition) is 0. The Hall–Kier alpha value is -1.66. The molecule has 6 heteroatoms. The zero-order valence-corrected chi connectivity index (χ0v) is 12.3. The smallest absolute Gasteiger partial charge is 0.273 e. The minimum atomic E-state index is 0.0513. The van der Waals surface area contributed by atoms with Gasteiger partial charge in [-0.05, 0) is 18.7 Å². The van der Waals surface area contributed by atoms with Gasteiger partial charge in [-0.2, -0.15) is 0 Å². The zero-order chi connectivity index (χ0) is 13.9. The number of rotatable bonds is 3. The van der Waals surface area contributed by atoms with Gasteiger partial charge in [-0.25, -0.2) is 4.98 Å². The molecule has 1 saturated heterocycles. The van der Waals surface area contributed by atoms with Gasteiger partial charge in [-0.3, -0.25) is 4.79 Å². The van der Waals surface area contributed by atoms with Crippen molar-refractivity contribution in [2.45, 2.75) is 6.92 Å². The molecule has 0 spiro atoms. The molecule has 1 amide bonds. The highest BCUT2D eigenvalue weighted by Crippen LogP contribution is 2.17. The molecule has 1 aliphatic rings. The van der Waals surface area contributed by atoms with E-state index in [0.29, 0.717) is 5.69 Å². The maximum Gasteiger partial charge on any atom is 0.273 e. The molecule has 3 heterocycles. The van der Waals surface area contributed by atoms with Crippen molar-refractivity contribution in [3.8, 4) is 5.13 Å². The van der Waals surface area contributed by atoms with E-state index < -0.39 is 0 Å². The summed E-state index contributed by atoms with van der Waals surface area (Å²) in [6.07, 6.45) is 3.88. The van der Waals surface area contributed by atoms with Crippen LogP contribution in [0.1, 0.15) is 17.4 Å². The lowest BCUT2D eigenvalue weighted by Crippen LogP contribution is -2.48. The van der Waals surface area contributed by atoms with E-state index in [9.17, 15) is 4.79 Å². The number of likely N-dealkylation sites (N-methyl/N-ethyl adjacent to an activating group) is 1. The van der Waals surface area contributed by atoms with Crippen molar-refractivity contribution in [2.75, 3.05) is 32.7 Å². The molecule has 0 aromatic carbocycles. The van der Waals surface area contributed by atoms with Gasteiger partial charge >= 0.3 is 0 Å². The standard InChI is InChI=1S/C14H18N4OS/c1-2-16-7-9-17(10-8-16)13(19)12-11-20-14(15-12)18-5-3-4-6-18/h3-6,11H,2,7-10H2,1H3. The summed E-state index contributed by atoms with van der Waals surface area (Å²) in [4.78, 5) is 21.1. The summed E-state index contributed by atoms with van der Waals surface area (Å²) in [7, 11) is 0. The summed E-state index contributed by atoms with van der Waals surface area (Å²) in [5, 5.41) is 2.69. The van der Waals surface area contributed by atoms with Gasteiger partial charge in [-0.1, -0.05) is 6.92 Å². The minimum absolute atomic E-state index is 0.0513. The Morgan fingerprint density at radius 1 is 1.25 bits per heavy atom. The van der Waals surface area contributed by atoms with Crippen molar-refractivity contribution in [1.82, 2.24) is 19.4 Å². The van der Waals surface area contributed by atoms with Crippen molar-refractivity contribution in [1.29, 1.82) is 0 Å². The number of piperazine rings is 1. The molecule has 1 fully saturated rings. The maximum atomic E-state index is 12.4. The van der Waals surface area contributed by atoms with Gasteiger partial charge < -0.3 is 14.4 Å². The lowest BCUT2D eigenvalue weighted by Gasteiger charge is -2.33. The molecule has 3 rings (SSSR count). The highest BCUT2D eigenvalue weighted by molar-refractivity contribution is 7.12. The topological polar surface area (TPSA) is 41.4 Å². The Balaban J connectivity index is 1.69. The molecule has 5 nitrogen and oxygen atoms in total. The number of amides is 1. The van der Waals surface area contributed by atoms with Crippen LogP contribution in [-0.2, 0) is 0 Å². The molecule has 0 saturated carbocycles. The summed E-state index contributed by atoms with van der Waals surface area (Å²) < 4.78 is 1.93. The molecule has 0 bridgehead atoms. The largest absolute Gasteiger partial charge is 0.335 e. The van der Waals surface area contributed by atoms with Crippen molar-refractivity contribution < 1.29 is 4.79 Å². The van der Waals surface area contributed by atoms with Crippen LogP contribution in [0.2, 0.25) is 0 Å². The first-order valence-corrected chi connectivity index (χ1v) is 7.76. The van der Waals surface area contributed by atoms with Crippen LogP contribution in [0.5, 0.6) is 0 Å². The fraction of sp³-hybridized carbons (Fsp3) is 0.429. The minimum Gasteiger partial charge on any atom is -0.335 e. The SMILES string of the molecule is CCN1CCN(C(=O)c2csc(-n3cccc3)n2)CC1. The molecule has 0 unspecified atom stereocenters. The molecule has 0 aliphatic carbocycles. The molecule has 0 atom stereocenters. The van der Waals surface area contributed by atoms with E-state index in [0.717, 1.165) is 37.9 Å². The third-order valence-corrected chi connectivity index (χ3v) is 4.50. The van der Waals surface area contributed by atoms with Gasteiger partial charge in [0.05, 0.1) is 0 Å². The van der Waals surface area contributed by atoms with Crippen LogP contribution < -0.4 is 0 Å². The van der Waals surface area contributed by atoms with Crippen LogP contribution >= 0.6 is 11.3 Å². The van der Waals surface area contributed by atoms with Crippen molar-refractivity contribution in [3.05, 3.63) is 35.6 Å². The van der Waals surface area contributed by atoms with E-state index in [-0.39, 0.29) is 5.91 Å². The van der Waals surface area contributed by atoms with E-state index >= 15 is 0 Å². The zero-order valence-electron chi connectivity index (χ0n) is 11.5. The fourth-order valence-electron chi connectivity index (χ4n) is 2.37. The second kappa shape index (κ2) is 5.76. The van der Waals surface area contributed by atoms with Gasteiger partial charge in [0.2, 0.25) is 0 Å². The van der Waals surface area contributed by atoms with Crippen molar-refractivity contribution >= 4 is 17.2 Å². The molecule has 2 aromatic rings. The van der Waals surface area contributed by atoms with Crippen LogP contribution in [0.15, 0.2) is 29.9 Å². The molecule has 0 N–H and O–H groups in total. The van der Waals surface area contributed by atoms with Gasteiger partial charge in [0.25, 0.3) is 5.91 Å². The van der Waals surface area contributed by atoms with Crippen LogP contribution in [0.4, 0.5) is 0 Å². The molecule has 20 heavy (non-hydrogen) atoms. The number of carbonyl (C=O) groups is 1. The van der Waals surface area contributed by atoms with Crippen LogP contribution in [0.3, 0.4) is 0 Å². The molecule has 1 aliphatic heterocycles. The van der Waals surface area contributed by atoms with Gasteiger partial charge in [0, 0.05) is 44.0 Å². The number of thiazole rings is 1. The Bertz CT molecular complexity index is 570. The van der Waals surface area contributed by atoms with Crippen molar-refractivity contribution in [2.24, 2.45) is 0 Å². The van der Waals surface area contributed by atoms with E-state index in [1.165, 1.54) is 11.3 Å². The number of hydrogen-bond acceptors (Lipinski definition) is 4. The average molecular weight is 290 g/mol. The van der Waals surface area contributed by atoms with E-state index in [2.05, 4.69) is 16.8 Å². The Labute approximate surface area is 122 Å². The summed E-state index contributed by atoms with van der Waals surface area (Å²) >= 11 is 1.50. The molecule has 106 valence electrons. The monoisotopic (exact) mass is 290 g/mol. The lowest BCUT2D eigenvalue weighted by molar-refractivity contribution is 0.0638. The Kier molecular flexibility index (Phi) is 3.84. The second-order valence-electron chi connectivity index (χ2n) is 4.83. The van der Waals surface area contributed by atoms with E-state index in [1.54, 1.807) is 0 Å². The summed E-state index contributed by atoms with van der Waals surface area (Å²) in [6.45, 7) is 6.71. The first-order valence-electron chi connectivity index (χ1n) is 6.88. The molecular weight excluding hydrogens is 272 g/mol. The van der Waals surface area contributed by atoms with Gasteiger partial charge in [0.15, 0.2) is 5.13 Å².